The van der Waals surface area contributed by atoms with Crippen molar-refractivity contribution < 1.29 is 22.7 Å². The Labute approximate surface area is 171 Å². The van der Waals surface area contributed by atoms with Crippen LogP contribution in [0.1, 0.15) is 40.9 Å². The lowest BCUT2D eigenvalue weighted by molar-refractivity contribution is -0.125. The standard InChI is InChI=1S/C21H26N2O5S/c1-5-19(16-11-9-15(2)10-12-16)22-20(24)14-28-21(25)17-7-6-8-18(13-17)29(26,27)23(3)4/h6-13,19H,5,14H2,1-4H3,(H,22,24)/t19-/m0/s1. The predicted molar refractivity (Wildman–Crippen MR) is 110 cm³/mol. The van der Waals surface area contributed by atoms with Crippen LogP contribution in [-0.2, 0) is 19.6 Å². The molecule has 2 aromatic rings. The highest BCUT2D eigenvalue weighted by Gasteiger charge is 2.20. The summed E-state index contributed by atoms with van der Waals surface area (Å²) in [5.74, 6) is -1.19. The van der Waals surface area contributed by atoms with Crippen LogP contribution >= 0.6 is 0 Å². The molecule has 7 nitrogen and oxygen atoms in total. The molecule has 0 bridgehead atoms. The highest BCUT2D eigenvalue weighted by atomic mass is 32.2. The largest absolute Gasteiger partial charge is 0.452 e. The summed E-state index contributed by atoms with van der Waals surface area (Å²) >= 11 is 0. The van der Waals surface area contributed by atoms with Crippen LogP contribution in [0.2, 0.25) is 0 Å². The summed E-state index contributed by atoms with van der Waals surface area (Å²) in [7, 11) is -0.860. The molecule has 29 heavy (non-hydrogen) atoms. The zero-order chi connectivity index (χ0) is 21.6. The highest BCUT2D eigenvalue weighted by Crippen LogP contribution is 2.18. The van der Waals surface area contributed by atoms with Gasteiger partial charge in [-0.05, 0) is 37.1 Å². The molecule has 2 rings (SSSR count). The summed E-state index contributed by atoms with van der Waals surface area (Å²) in [4.78, 5) is 24.4. The van der Waals surface area contributed by atoms with Gasteiger partial charge in [-0.25, -0.2) is 17.5 Å². The van der Waals surface area contributed by atoms with Gasteiger partial charge in [0, 0.05) is 14.1 Å². The first kappa shape index (κ1) is 22.6. The Bertz CT molecular complexity index is 969. The number of nitrogens with zero attached hydrogens (tertiary/aromatic N) is 1. The molecule has 1 amide bonds. The van der Waals surface area contributed by atoms with Gasteiger partial charge in [-0.2, -0.15) is 0 Å². The number of sulfonamides is 1. The van der Waals surface area contributed by atoms with Crippen molar-refractivity contribution in [2.75, 3.05) is 20.7 Å². The van der Waals surface area contributed by atoms with Gasteiger partial charge in [-0.15, -0.1) is 0 Å². The number of esters is 1. The SMILES string of the molecule is CC[C@H](NC(=O)COC(=O)c1cccc(S(=O)(=O)N(C)C)c1)c1ccc(C)cc1. The molecule has 1 N–H and O–H groups in total. The number of aryl methyl sites for hydroxylation is 1. The fourth-order valence-corrected chi connectivity index (χ4v) is 3.61. The van der Waals surface area contributed by atoms with Crippen LogP contribution in [0, 0.1) is 6.92 Å². The minimum absolute atomic E-state index is 0.0215. The predicted octanol–water partition coefficient (Wildman–Crippen LogP) is 2.67. The van der Waals surface area contributed by atoms with E-state index < -0.39 is 28.5 Å². The van der Waals surface area contributed by atoms with E-state index in [2.05, 4.69) is 5.32 Å². The third-order valence-corrected chi connectivity index (χ3v) is 6.22. The summed E-state index contributed by atoms with van der Waals surface area (Å²) in [6.07, 6.45) is 0.688. The van der Waals surface area contributed by atoms with Crippen LogP contribution in [0.25, 0.3) is 0 Å². The Morgan fingerprint density at radius 1 is 1.10 bits per heavy atom. The van der Waals surface area contributed by atoms with E-state index in [0.717, 1.165) is 15.4 Å². The Hall–Kier alpha value is -2.71. The number of hydrogen-bond acceptors (Lipinski definition) is 5. The third kappa shape index (κ3) is 5.88. The Morgan fingerprint density at radius 2 is 1.76 bits per heavy atom. The lowest BCUT2D eigenvalue weighted by Crippen LogP contribution is -2.32. The van der Waals surface area contributed by atoms with Crippen molar-refractivity contribution in [1.82, 2.24) is 9.62 Å². The fraction of sp³-hybridized carbons (Fsp3) is 0.333. The lowest BCUT2D eigenvalue weighted by Gasteiger charge is -2.17. The number of nitrogens with one attached hydrogen (secondary N) is 1. The Kier molecular flexibility index (Phi) is 7.53. The number of rotatable bonds is 8. The van der Waals surface area contributed by atoms with Crippen molar-refractivity contribution in [3.63, 3.8) is 0 Å². The number of hydrogen-bond donors (Lipinski definition) is 1. The molecule has 0 heterocycles. The molecule has 0 aliphatic heterocycles. The van der Waals surface area contributed by atoms with Gasteiger partial charge < -0.3 is 10.1 Å². The monoisotopic (exact) mass is 418 g/mol. The topological polar surface area (TPSA) is 92.8 Å². The fourth-order valence-electron chi connectivity index (χ4n) is 2.66. The summed E-state index contributed by atoms with van der Waals surface area (Å²) < 4.78 is 30.5. The van der Waals surface area contributed by atoms with Gasteiger partial charge >= 0.3 is 5.97 Å². The van der Waals surface area contributed by atoms with Crippen LogP contribution in [0.5, 0.6) is 0 Å². The quantitative estimate of drug-likeness (QED) is 0.666. The Morgan fingerprint density at radius 3 is 2.34 bits per heavy atom. The smallest absolute Gasteiger partial charge is 0.338 e. The van der Waals surface area contributed by atoms with E-state index in [9.17, 15) is 18.0 Å². The molecule has 0 spiro atoms. The third-order valence-electron chi connectivity index (χ3n) is 4.41. The molecule has 8 heteroatoms. The first-order chi connectivity index (χ1) is 13.6. The molecule has 0 unspecified atom stereocenters. The summed E-state index contributed by atoms with van der Waals surface area (Å²) in [5.41, 5.74) is 2.16. The summed E-state index contributed by atoms with van der Waals surface area (Å²) in [5, 5.41) is 2.84. The van der Waals surface area contributed by atoms with Gasteiger partial charge in [-0.1, -0.05) is 42.8 Å². The van der Waals surface area contributed by atoms with Crippen LogP contribution in [0.3, 0.4) is 0 Å². The molecular weight excluding hydrogens is 392 g/mol. The van der Waals surface area contributed by atoms with Crippen molar-refractivity contribution >= 4 is 21.9 Å². The number of benzene rings is 2. The van der Waals surface area contributed by atoms with Crippen molar-refractivity contribution in [2.24, 2.45) is 0 Å². The summed E-state index contributed by atoms with van der Waals surface area (Å²) in [6.45, 7) is 3.49. The van der Waals surface area contributed by atoms with E-state index in [4.69, 9.17) is 4.74 Å². The zero-order valence-corrected chi connectivity index (χ0v) is 17.8. The highest BCUT2D eigenvalue weighted by molar-refractivity contribution is 7.89. The minimum atomic E-state index is -3.67. The van der Waals surface area contributed by atoms with Crippen molar-refractivity contribution in [2.45, 2.75) is 31.2 Å². The molecule has 1 atom stereocenters. The molecule has 0 radical (unpaired) electrons. The first-order valence-electron chi connectivity index (χ1n) is 9.20. The maximum atomic E-state index is 12.3. The van der Waals surface area contributed by atoms with Crippen LogP contribution < -0.4 is 5.32 Å². The number of ether oxygens (including phenoxy) is 1. The van der Waals surface area contributed by atoms with Crippen LogP contribution in [0.4, 0.5) is 0 Å². The van der Waals surface area contributed by atoms with Crippen molar-refractivity contribution in [1.29, 1.82) is 0 Å². The van der Waals surface area contributed by atoms with E-state index in [-0.39, 0.29) is 16.5 Å². The van der Waals surface area contributed by atoms with Crippen molar-refractivity contribution in [3.05, 3.63) is 65.2 Å². The average molecular weight is 419 g/mol. The zero-order valence-electron chi connectivity index (χ0n) is 17.0. The molecule has 0 aliphatic carbocycles. The second kappa shape index (κ2) is 9.67. The second-order valence-corrected chi connectivity index (χ2v) is 8.98. The molecule has 0 aromatic heterocycles. The molecule has 156 valence electrons. The first-order valence-corrected chi connectivity index (χ1v) is 10.6. The Balaban J connectivity index is 1.99. The molecule has 0 saturated carbocycles. The molecule has 2 aromatic carbocycles. The minimum Gasteiger partial charge on any atom is -0.452 e. The average Bonchev–Trinajstić information content (AvgIpc) is 2.71. The summed E-state index contributed by atoms with van der Waals surface area (Å²) in [6, 6.07) is 13.2. The maximum absolute atomic E-state index is 12.3. The van der Waals surface area contributed by atoms with E-state index >= 15 is 0 Å². The number of carbonyl (C=O) groups excluding carboxylic acids is 2. The molecule has 0 aliphatic rings. The maximum Gasteiger partial charge on any atom is 0.338 e. The van der Waals surface area contributed by atoms with Crippen LogP contribution in [0.15, 0.2) is 53.4 Å². The van der Waals surface area contributed by atoms with Gasteiger partial charge in [0.05, 0.1) is 16.5 Å². The van der Waals surface area contributed by atoms with Gasteiger partial charge in [-0.3, -0.25) is 4.79 Å². The van der Waals surface area contributed by atoms with Gasteiger partial charge in [0.15, 0.2) is 6.61 Å². The lowest BCUT2D eigenvalue weighted by atomic mass is 10.0. The second-order valence-electron chi connectivity index (χ2n) is 6.83. The molecule has 0 saturated heterocycles. The van der Waals surface area contributed by atoms with Crippen LogP contribution in [-0.4, -0.2) is 45.3 Å². The van der Waals surface area contributed by atoms with Gasteiger partial charge in [0.1, 0.15) is 0 Å². The molecule has 0 fully saturated rings. The van der Waals surface area contributed by atoms with Gasteiger partial charge in [0.25, 0.3) is 5.91 Å². The van der Waals surface area contributed by atoms with E-state index in [1.165, 1.54) is 38.4 Å². The van der Waals surface area contributed by atoms with Crippen molar-refractivity contribution in [3.8, 4) is 0 Å². The molecular formula is C21H26N2O5S. The van der Waals surface area contributed by atoms with E-state index in [1.807, 2.05) is 38.1 Å². The number of amides is 1. The van der Waals surface area contributed by atoms with E-state index in [0.29, 0.717) is 6.42 Å². The van der Waals surface area contributed by atoms with Gasteiger partial charge in [0.2, 0.25) is 10.0 Å². The van der Waals surface area contributed by atoms with E-state index in [1.54, 1.807) is 0 Å². The normalized spacial score (nSPS) is 12.4. The number of carbonyl (C=O) groups is 2.